The summed E-state index contributed by atoms with van der Waals surface area (Å²) < 4.78 is 0. The Bertz CT molecular complexity index is 411. The van der Waals surface area contributed by atoms with Crippen molar-refractivity contribution >= 4 is 5.91 Å². The van der Waals surface area contributed by atoms with Crippen LogP contribution in [0.2, 0.25) is 0 Å². The highest BCUT2D eigenvalue weighted by molar-refractivity contribution is 5.97. The number of amides is 1. The number of likely N-dealkylation sites (tertiary alicyclic amines) is 1. The van der Waals surface area contributed by atoms with Crippen LogP contribution in [0.15, 0.2) is 18.2 Å². The van der Waals surface area contributed by atoms with Gasteiger partial charge < -0.3 is 15.7 Å². The number of para-hydroxylation sites is 1. The molecule has 0 aliphatic carbocycles. The van der Waals surface area contributed by atoms with Crippen molar-refractivity contribution in [1.29, 1.82) is 0 Å². The normalized spacial score (nSPS) is 16.0. The molecule has 2 rings (SSSR count). The van der Waals surface area contributed by atoms with E-state index in [0.29, 0.717) is 31.1 Å². The second-order valence-corrected chi connectivity index (χ2v) is 4.28. The highest BCUT2D eigenvalue weighted by Gasteiger charge is 2.31. The Balaban J connectivity index is 2.13. The number of carbonyl (C=O) groups excluding carboxylic acids is 1. The molecular weight excluding hydrogens is 204 g/mol. The van der Waals surface area contributed by atoms with Gasteiger partial charge in [-0.2, -0.15) is 0 Å². The molecule has 4 heteroatoms. The maximum atomic E-state index is 12.0. The van der Waals surface area contributed by atoms with Crippen molar-refractivity contribution in [3.8, 4) is 5.75 Å². The monoisotopic (exact) mass is 220 g/mol. The first-order valence-corrected chi connectivity index (χ1v) is 5.41. The highest BCUT2D eigenvalue weighted by atomic mass is 16.3. The van der Waals surface area contributed by atoms with Crippen molar-refractivity contribution in [2.45, 2.75) is 6.92 Å². The zero-order valence-electron chi connectivity index (χ0n) is 9.31. The minimum absolute atomic E-state index is 0.0868. The van der Waals surface area contributed by atoms with Gasteiger partial charge >= 0.3 is 0 Å². The van der Waals surface area contributed by atoms with E-state index in [9.17, 15) is 9.90 Å². The van der Waals surface area contributed by atoms with Crippen LogP contribution in [0.1, 0.15) is 15.9 Å². The summed E-state index contributed by atoms with van der Waals surface area (Å²) in [5.74, 6) is 0.394. The average molecular weight is 220 g/mol. The summed E-state index contributed by atoms with van der Waals surface area (Å²) in [6, 6.07) is 5.22. The Morgan fingerprint density at radius 2 is 2.25 bits per heavy atom. The summed E-state index contributed by atoms with van der Waals surface area (Å²) >= 11 is 0. The number of hydrogen-bond donors (Lipinski definition) is 2. The third kappa shape index (κ3) is 1.76. The average Bonchev–Trinajstić information content (AvgIpc) is 2.20. The molecule has 1 amide bonds. The van der Waals surface area contributed by atoms with E-state index in [1.807, 2.05) is 0 Å². The first-order valence-electron chi connectivity index (χ1n) is 5.41. The van der Waals surface area contributed by atoms with Gasteiger partial charge in [0, 0.05) is 19.0 Å². The summed E-state index contributed by atoms with van der Waals surface area (Å²) in [7, 11) is 0. The van der Waals surface area contributed by atoms with Gasteiger partial charge in [-0.1, -0.05) is 12.1 Å². The van der Waals surface area contributed by atoms with E-state index in [1.54, 1.807) is 30.0 Å². The molecule has 3 N–H and O–H groups in total. The van der Waals surface area contributed by atoms with Crippen LogP contribution in [0.25, 0.3) is 0 Å². The first kappa shape index (κ1) is 11.0. The minimum atomic E-state index is -0.106. The predicted octanol–water partition coefficient (Wildman–Crippen LogP) is 0.731. The van der Waals surface area contributed by atoms with Crippen molar-refractivity contribution in [2.75, 3.05) is 19.6 Å². The molecule has 0 aromatic heterocycles. The number of phenols is 1. The second-order valence-electron chi connectivity index (χ2n) is 4.28. The lowest BCUT2D eigenvalue weighted by atomic mass is 9.98. The van der Waals surface area contributed by atoms with Crippen LogP contribution in [0.3, 0.4) is 0 Å². The van der Waals surface area contributed by atoms with Crippen molar-refractivity contribution in [2.24, 2.45) is 11.7 Å². The molecule has 0 unspecified atom stereocenters. The smallest absolute Gasteiger partial charge is 0.257 e. The number of nitrogens with zero attached hydrogens (tertiary/aromatic N) is 1. The number of hydrogen-bond acceptors (Lipinski definition) is 3. The van der Waals surface area contributed by atoms with E-state index in [0.717, 1.165) is 5.56 Å². The number of carbonyl (C=O) groups is 1. The molecule has 0 spiro atoms. The van der Waals surface area contributed by atoms with Crippen LogP contribution < -0.4 is 5.73 Å². The number of aryl methyl sites for hydroxylation is 1. The number of phenolic OH excluding ortho intramolecular Hbond substituents is 1. The molecule has 0 atom stereocenters. The van der Waals surface area contributed by atoms with Crippen molar-refractivity contribution in [3.63, 3.8) is 0 Å². The van der Waals surface area contributed by atoms with Crippen LogP contribution >= 0.6 is 0 Å². The maximum absolute atomic E-state index is 12.0. The molecule has 1 aliphatic heterocycles. The number of aromatic hydroxyl groups is 1. The van der Waals surface area contributed by atoms with Gasteiger partial charge in [-0.25, -0.2) is 0 Å². The molecular formula is C12H16N2O2. The molecule has 0 saturated carbocycles. The predicted molar refractivity (Wildman–Crippen MR) is 61.3 cm³/mol. The van der Waals surface area contributed by atoms with Gasteiger partial charge in [0.2, 0.25) is 0 Å². The van der Waals surface area contributed by atoms with E-state index >= 15 is 0 Å². The Morgan fingerprint density at radius 1 is 1.56 bits per heavy atom. The van der Waals surface area contributed by atoms with E-state index < -0.39 is 0 Å². The summed E-state index contributed by atoms with van der Waals surface area (Å²) in [5, 5.41) is 9.79. The molecule has 4 nitrogen and oxygen atoms in total. The standard InChI is InChI=1S/C12H16N2O2/c1-8-3-2-4-10(11(8)15)12(16)14-6-9(5-13)7-14/h2-4,9,15H,5-7,13H2,1H3. The Morgan fingerprint density at radius 3 is 2.88 bits per heavy atom. The number of rotatable bonds is 2. The topological polar surface area (TPSA) is 66.6 Å². The third-order valence-electron chi connectivity index (χ3n) is 3.05. The van der Waals surface area contributed by atoms with Crippen molar-refractivity contribution in [3.05, 3.63) is 29.3 Å². The number of nitrogens with two attached hydrogens (primary N) is 1. The van der Waals surface area contributed by atoms with Gasteiger partial charge in [0.25, 0.3) is 5.91 Å². The van der Waals surface area contributed by atoms with Gasteiger partial charge in [-0.05, 0) is 25.1 Å². The number of benzene rings is 1. The molecule has 1 aliphatic rings. The highest BCUT2D eigenvalue weighted by Crippen LogP contribution is 2.25. The lowest BCUT2D eigenvalue weighted by Gasteiger charge is -2.38. The first-order chi connectivity index (χ1) is 7.63. The van der Waals surface area contributed by atoms with Crippen LogP contribution in [-0.4, -0.2) is 35.5 Å². The van der Waals surface area contributed by atoms with Gasteiger partial charge in [-0.3, -0.25) is 4.79 Å². The minimum Gasteiger partial charge on any atom is -0.507 e. The van der Waals surface area contributed by atoms with Crippen molar-refractivity contribution < 1.29 is 9.90 Å². The van der Waals surface area contributed by atoms with E-state index in [1.165, 1.54) is 0 Å². The molecule has 16 heavy (non-hydrogen) atoms. The fraction of sp³-hybridized carbons (Fsp3) is 0.417. The fourth-order valence-corrected chi connectivity index (χ4v) is 1.89. The summed E-state index contributed by atoms with van der Waals surface area (Å²) in [6.07, 6.45) is 0. The summed E-state index contributed by atoms with van der Waals surface area (Å²) in [5.41, 5.74) is 6.61. The zero-order valence-corrected chi connectivity index (χ0v) is 9.31. The van der Waals surface area contributed by atoms with Gasteiger partial charge in [0.1, 0.15) is 5.75 Å². The third-order valence-corrected chi connectivity index (χ3v) is 3.05. The molecule has 1 saturated heterocycles. The molecule has 0 bridgehead atoms. The molecule has 1 aromatic rings. The van der Waals surface area contributed by atoms with Gasteiger partial charge in [-0.15, -0.1) is 0 Å². The fourth-order valence-electron chi connectivity index (χ4n) is 1.89. The SMILES string of the molecule is Cc1cccc(C(=O)N2CC(CN)C2)c1O. The van der Waals surface area contributed by atoms with E-state index in [4.69, 9.17) is 5.73 Å². The largest absolute Gasteiger partial charge is 0.507 e. The molecule has 1 fully saturated rings. The van der Waals surface area contributed by atoms with Crippen molar-refractivity contribution in [1.82, 2.24) is 4.90 Å². The molecule has 1 aromatic carbocycles. The van der Waals surface area contributed by atoms with Gasteiger partial charge in [0.05, 0.1) is 5.56 Å². The second kappa shape index (κ2) is 4.14. The van der Waals surface area contributed by atoms with Crippen LogP contribution in [0.5, 0.6) is 5.75 Å². The quantitative estimate of drug-likeness (QED) is 0.772. The van der Waals surface area contributed by atoms with E-state index in [2.05, 4.69) is 0 Å². The maximum Gasteiger partial charge on any atom is 0.257 e. The lowest BCUT2D eigenvalue weighted by molar-refractivity contribution is 0.0512. The van der Waals surface area contributed by atoms with E-state index in [-0.39, 0.29) is 11.7 Å². The summed E-state index contributed by atoms with van der Waals surface area (Å²) in [4.78, 5) is 13.7. The van der Waals surface area contributed by atoms with Gasteiger partial charge in [0.15, 0.2) is 0 Å². The zero-order chi connectivity index (χ0) is 11.7. The van der Waals surface area contributed by atoms with Crippen LogP contribution in [-0.2, 0) is 0 Å². The molecule has 1 heterocycles. The Labute approximate surface area is 94.7 Å². The van der Waals surface area contributed by atoms with Crippen LogP contribution in [0.4, 0.5) is 0 Å². The van der Waals surface area contributed by atoms with Crippen LogP contribution in [0, 0.1) is 12.8 Å². The molecule has 86 valence electrons. The summed E-state index contributed by atoms with van der Waals surface area (Å²) in [6.45, 7) is 3.79. The lowest BCUT2D eigenvalue weighted by Crippen LogP contribution is -2.52. The molecule has 0 radical (unpaired) electrons. The Hall–Kier alpha value is -1.55. The Kier molecular flexibility index (Phi) is 2.83.